The Morgan fingerprint density at radius 1 is 1.37 bits per heavy atom. The van der Waals surface area contributed by atoms with Crippen molar-refractivity contribution in [3.8, 4) is 0 Å². The molecule has 106 valence electrons. The van der Waals surface area contributed by atoms with E-state index < -0.39 is 11.7 Å². The van der Waals surface area contributed by atoms with Crippen molar-refractivity contribution in [1.82, 2.24) is 4.90 Å². The van der Waals surface area contributed by atoms with Gasteiger partial charge in [-0.1, -0.05) is 6.92 Å². The zero-order valence-corrected chi connectivity index (χ0v) is 11.2. The second-order valence-electron chi connectivity index (χ2n) is 5.10. The lowest BCUT2D eigenvalue weighted by atomic mass is 9.96. The van der Waals surface area contributed by atoms with Crippen LogP contribution in [0.2, 0.25) is 0 Å². The van der Waals surface area contributed by atoms with E-state index in [1.807, 2.05) is 7.05 Å². The van der Waals surface area contributed by atoms with Gasteiger partial charge in [-0.05, 0) is 50.2 Å². The maximum absolute atomic E-state index is 12.6. The number of hydrogen-bond donors (Lipinski definition) is 1. The van der Waals surface area contributed by atoms with Crippen molar-refractivity contribution < 1.29 is 13.2 Å². The van der Waals surface area contributed by atoms with E-state index in [0.717, 1.165) is 36.8 Å². The number of hydrogen-bond acceptors (Lipinski definition) is 2. The summed E-state index contributed by atoms with van der Waals surface area (Å²) < 4.78 is 37.9. The molecule has 0 radical (unpaired) electrons. The lowest BCUT2D eigenvalue weighted by Gasteiger charge is -2.30. The van der Waals surface area contributed by atoms with Crippen LogP contribution in [0, 0.1) is 0 Å². The van der Waals surface area contributed by atoms with Gasteiger partial charge in [0.25, 0.3) is 0 Å². The normalized spacial score (nSPS) is 19.2. The van der Waals surface area contributed by atoms with Gasteiger partial charge >= 0.3 is 6.18 Å². The fraction of sp³-hybridized carbons (Fsp3) is 0.571. The Morgan fingerprint density at radius 2 is 2.11 bits per heavy atom. The third kappa shape index (κ3) is 3.41. The van der Waals surface area contributed by atoms with Crippen molar-refractivity contribution >= 4 is 5.69 Å². The molecule has 2 rings (SSSR count). The average Bonchev–Trinajstić information content (AvgIpc) is 2.36. The van der Waals surface area contributed by atoms with Crippen LogP contribution in [0.4, 0.5) is 18.9 Å². The summed E-state index contributed by atoms with van der Waals surface area (Å²) in [5, 5.41) is 3.33. The number of fused-ring (bicyclic) bond motifs is 1. The zero-order valence-electron chi connectivity index (χ0n) is 11.2. The fourth-order valence-corrected chi connectivity index (χ4v) is 2.38. The Bertz CT molecular complexity index is 443. The van der Waals surface area contributed by atoms with Crippen LogP contribution in [0.5, 0.6) is 0 Å². The molecule has 0 amide bonds. The predicted octanol–water partition coefficient (Wildman–Crippen LogP) is 3.38. The van der Waals surface area contributed by atoms with Gasteiger partial charge < -0.3 is 10.2 Å². The Balaban J connectivity index is 2.10. The Morgan fingerprint density at radius 3 is 2.74 bits per heavy atom. The molecule has 19 heavy (non-hydrogen) atoms. The molecule has 1 aromatic carbocycles. The van der Waals surface area contributed by atoms with Gasteiger partial charge in [0.05, 0.1) is 5.56 Å². The van der Waals surface area contributed by atoms with E-state index in [-0.39, 0.29) is 0 Å². The standard InChI is InChI=1S/C14H19F3N2/c1-3-19(2)9-12-6-4-10-8-11(14(15,16)17)5-7-13(10)18-12/h5,7-8,12,18H,3-4,6,9H2,1-2H3. The third-order valence-corrected chi connectivity index (χ3v) is 3.63. The summed E-state index contributed by atoms with van der Waals surface area (Å²) in [6.07, 6.45) is -2.68. The topological polar surface area (TPSA) is 15.3 Å². The number of benzene rings is 1. The SMILES string of the molecule is CCN(C)CC1CCc2cc(C(F)(F)F)ccc2N1. The number of alkyl halides is 3. The lowest BCUT2D eigenvalue weighted by molar-refractivity contribution is -0.137. The quantitative estimate of drug-likeness (QED) is 0.907. The molecule has 0 bridgehead atoms. The van der Waals surface area contributed by atoms with Crippen molar-refractivity contribution in [1.29, 1.82) is 0 Å². The molecule has 5 heteroatoms. The minimum atomic E-state index is -4.26. The Kier molecular flexibility index (Phi) is 4.04. The minimum Gasteiger partial charge on any atom is -0.381 e. The van der Waals surface area contributed by atoms with E-state index in [1.165, 1.54) is 6.07 Å². The van der Waals surface area contributed by atoms with Crippen LogP contribution in [0.1, 0.15) is 24.5 Å². The number of likely N-dealkylation sites (N-methyl/N-ethyl adjacent to an activating group) is 1. The molecule has 2 nitrogen and oxygen atoms in total. The molecule has 1 N–H and O–H groups in total. The minimum absolute atomic E-state index is 0.314. The molecule has 1 atom stereocenters. The summed E-state index contributed by atoms with van der Waals surface area (Å²) in [5.74, 6) is 0. The van der Waals surface area contributed by atoms with Crippen LogP contribution in [-0.4, -0.2) is 31.1 Å². The summed E-state index contributed by atoms with van der Waals surface area (Å²) in [4.78, 5) is 2.20. The molecule has 0 fully saturated rings. The first kappa shape index (κ1) is 14.2. The highest BCUT2D eigenvalue weighted by molar-refractivity contribution is 5.55. The highest BCUT2D eigenvalue weighted by atomic mass is 19.4. The van der Waals surface area contributed by atoms with Gasteiger partial charge in [-0.15, -0.1) is 0 Å². The zero-order chi connectivity index (χ0) is 14.0. The van der Waals surface area contributed by atoms with Crippen LogP contribution in [-0.2, 0) is 12.6 Å². The highest BCUT2D eigenvalue weighted by Crippen LogP contribution is 2.34. The van der Waals surface area contributed by atoms with Gasteiger partial charge in [-0.2, -0.15) is 13.2 Å². The van der Waals surface area contributed by atoms with E-state index in [4.69, 9.17) is 0 Å². The molecular weight excluding hydrogens is 253 g/mol. The summed E-state index contributed by atoms with van der Waals surface area (Å²) in [6, 6.07) is 4.28. The lowest BCUT2D eigenvalue weighted by Crippen LogP contribution is -2.37. The predicted molar refractivity (Wildman–Crippen MR) is 70.3 cm³/mol. The maximum atomic E-state index is 12.6. The molecule has 1 unspecified atom stereocenters. The number of halogens is 3. The molecule has 0 spiro atoms. The first-order valence-electron chi connectivity index (χ1n) is 6.55. The van der Waals surface area contributed by atoms with Crippen molar-refractivity contribution in [3.63, 3.8) is 0 Å². The van der Waals surface area contributed by atoms with Crippen LogP contribution in [0.3, 0.4) is 0 Å². The first-order chi connectivity index (χ1) is 8.90. The van der Waals surface area contributed by atoms with Crippen LogP contribution < -0.4 is 5.32 Å². The molecule has 0 saturated heterocycles. The Labute approximate surface area is 111 Å². The second kappa shape index (κ2) is 5.41. The molecule has 0 aromatic heterocycles. The van der Waals surface area contributed by atoms with Gasteiger partial charge in [-0.3, -0.25) is 0 Å². The first-order valence-corrected chi connectivity index (χ1v) is 6.55. The van der Waals surface area contributed by atoms with Crippen LogP contribution in [0.25, 0.3) is 0 Å². The van der Waals surface area contributed by atoms with Gasteiger partial charge in [0.2, 0.25) is 0 Å². The largest absolute Gasteiger partial charge is 0.416 e. The van der Waals surface area contributed by atoms with E-state index in [1.54, 1.807) is 6.07 Å². The summed E-state index contributed by atoms with van der Waals surface area (Å²) in [7, 11) is 2.05. The molecular formula is C14H19F3N2. The third-order valence-electron chi connectivity index (χ3n) is 3.63. The van der Waals surface area contributed by atoms with Crippen LogP contribution >= 0.6 is 0 Å². The Hall–Kier alpha value is -1.23. The van der Waals surface area contributed by atoms with Gasteiger partial charge in [-0.25, -0.2) is 0 Å². The van der Waals surface area contributed by atoms with E-state index in [2.05, 4.69) is 17.1 Å². The van der Waals surface area contributed by atoms with Gasteiger partial charge in [0.15, 0.2) is 0 Å². The van der Waals surface area contributed by atoms with Crippen molar-refractivity contribution in [2.75, 3.05) is 25.5 Å². The fourth-order valence-electron chi connectivity index (χ4n) is 2.38. The maximum Gasteiger partial charge on any atom is 0.416 e. The number of rotatable bonds is 3. The van der Waals surface area contributed by atoms with E-state index >= 15 is 0 Å². The van der Waals surface area contributed by atoms with Crippen molar-refractivity contribution in [3.05, 3.63) is 29.3 Å². The van der Waals surface area contributed by atoms with Gasteiger partial charge in [0, 0.05) is 18.3 Å². The molecule has 1 aromatic rings. The van der Waals surface area contributed by atoms with E-state index in [9.17, 15) is 13.2 Å². The molecule has 0 aliphatic carbocycles. The summed E-state index contributed by atoms with van der Waals surface area (Å²) >= 11 is 0. The van der Waals surface area contributed by atoms with Crippen LogP contribution in [0.15, 0.2) is 18.2 Å². The van der Waals surface area contributed by atoms with Crippen molar-refractivity contribution in [2.45, 2.75) is 32.0 Å². The summed E-state index contributed by atoms with van der Waals surface area (Å²) in [5.41, 5.74) is 1.05. The highest BCUT2D eigenvalue weighted by Gasteiger charge is 2.31. The molecule has 1 aliphatic rings. The summed E-state index contributed by atoms with van der Waals surface area (Å²) in [6.45, 7) is 3.97. The number of nitrogens with one attached hydrogen (secondary N) is 1. The number of nitrogens with zero attached hydrogens (tertiary/aromatic N) is 1. The van der Waals surface area contributed by atoms with Gasteiger partial charge in [0.1, 0.15) is 0 Å². The smallest absolute Gasteiger partial charge is 0.381 e. The van der Waals surface area contributed by atoms with Crippen molar-refractivity contribution in [2.24, 2.45) is 0 Å². The number of aryl methyl sites for hydroxylation is 1. The molecule has 1 aliphatic heterocycles. The molecule has 1 heterocycles. The molecule has 0 saturated carbocycles. The monoisotopic (exact) mass is 272 g/mol. The number of anilines is 1. The average molecular weight is 272 g/mol. The second-order valence-corrected chi connectivity index (χ2v) is 5.10. The van der Waals surface area contributed by atoms with E-state index in [0.29, 0.717) is 12.5 Å².